The van der Waals surface area contributed by atoms with E-state index >= 15 is 0 Å². The largest absolute Gasteiger partial charge is 0.455 e. The van der Waals surface area contributed by atoms with E-state index in [2.05, 4.69) is 255 Å². The molecule has 0 radical (unpaired) electrons. The van der Waals surface area contributed by atoms with Gasteiger partial charge in [0.1, 0.15) is 11.2 Å². The van der Waals surface area contributed by atoms with Crippen molar-refractivity contribution in [2.45, 2.75) is 24.7 Å². The Kier molecular flexibility index (Phi) is 8.08. The molecule has 0 saturated carbocycles. The number of fused-ring (bicyclic) bond motifs is 17. The molecule has 2 heteroatoms. The van der Waals surface area contributed by atoms with Gasteiger partial charge in [-0.25, -0.2) is 0 Å². The van der Waals surface area contributed by atoms with Crippen molar-refractivity contribution < 1.29 is 4.42 Å². The molecular formula is C68H45NO. The molecule has 70 heavy (non-hydrogen) atoms. The monoisotopic (exact) mass is 891 g/mol. The zero-order valence-electron chi connectivity index (χ0n) is 38.9. The van der Waals surface area contributed by atoms with Gasteiger partial charge in [0.15, 0.2) is 0 Å². The standard InChI is InChI=1S/C68H45NO/c1-67(2)55-28-13-8-24-48(55)52-37-35-44(40-59(52)67)64-47-23-7-6-21-43(47)39-54-65-62(33-18-34-63(65)70-66(54)64)69(61-32-17-12-22-46(61)42-19-4-3-5-20-42)45-36-38-53-51-27-11-16-31-58(51)68(60(53)41-45)56-29-14-9-25-49(56)50-26-10-15-30-57(50)68/h3-41H,1-2H3. The number of anilines is 3. The molecule has 0 aliphatic heterocycles. The van der Waals surface area contributed by atoms with Crippen LogP contribution < -0.4 is 4.90 Å². The predicted molar refractivity (Wildman–Crippen MR) is 291 cm³/mol. The van der Waals surface area contributed by atoms with Gasteiger partial charge in [0.05, 0.1) is 22.2 Å². The molecule has 1 heterocycles. The van der Waals surface area contributed by atoms with E-state index in [-0.39, 0.29) is 5.41 Å². The van der Waals surface area contributed by atoms with E-state index in [1.54, 1.807) is 0 Å². The lowest BCUT2D eigenvalue weighted by Gasteiger charge is -2.33. The van der Waals surface area contributed by atoms with Crippen molar-refractivity contribution in [1.29, 1.82) is 0 Å². The second-order valence-electron chi connectivity index (χ2n) is 19.9. The molecule has 0 atom stereocenters. The zero-order valence-corrected chi connectivity index (χ0v) is 38.9. The minimum Gasteiger partial charge on any atom is -0.455 e. The minimum absolute atomic E-state index is 0.141. The minimum atomic E-state index is -0.492. The molecule has 0 unspecified atom stereocenters. The molecule has 0 saturated heterocycles. The highest BCUT2D eigenvalue weighted by molar-refractivity contribution is 6.22. The fraction of sp³-hybridized carbons (Fsp3) is 0.0588. The SMILES string of the molecule is CC1(C)c2ccccc2-c2ccc(-c3c4ccccc4cc4c3oc3cccc(N(c5ccc6c(c5)C5(c7ccccc7-c7ccccc75)c5ccccc5-6)c5ccccc5-c5ccccc5)c34)cc21. The summed E-state index contributed by atoms with van der Waals surface area (Å²) in [6, 6.07) is 87.9. The van der Waals surface area contributed by atoms with Crippen LogP contribution in [0.1, 0.15) is 47.2 Å². The molecule has 15 rings (SSSR count). The highest BCUT2D eigenvalue weighted by atomic mass is 16.3. The molecule has 3 aliphatic carbocycles. The highest BCUT2D eigenvalue weighted by Crippen LogP contribution is 2.64. The lowest BCUT2D eigenvalue weighted by Crippen LogP contribution is -2.26. The number of furan rings is 1. The molecule has 0 fully saturated rings. The maximum absolute atomic E-state index is 7.30. The molecule has 328 valence electrons. The van der Waals surface area contributed by atoms with E-state index in [1.807, 2.05) is 0 Å². The quantitative estimate of drug-likeness (QED) is 0.171. The van der Waals surface area contributed by atoms with Crippen molar-refractivity contribution in [3.05, 3.63) is 270 Å². The van der Waals surface area contributed by atoms with Crippen LogP contribution in [0.15, 0.2) is 241 Å². The van der Waals surface area contributed by atoms with Gasteiger partial charge in [-0.3, -0.25) is 0 Å². The maximum Gasteiger partial charge on any atom is 0.143 e. The first-order valence-corrected chi connectivity index (χ1v) is 24.5. The van der Waals surface area contributed by atoms with E-state index in [4.69, 9.17) is 4.42 Å². The first-order valence-electron chi connectivity index (χ1n) is 24.5. The summed E-state index contributed by atoms with van der Waals surface area (Å²) in [5.74, 6) is 0. The first kappa shape index (κ1) is 39.3. The summed E-state index contributed by atoms with van der Waals surface area (Å²) in [6.07, 6.45) is 0. The smallest absolute Gasteiger partial charge is 0.143 e. The summed E-state index contributed by atoms with van der Waals surface area (Å²) in [5, 5.41) is 4.53. The van der Waals surface area contributed by atoms with Gasteiger partial charge in [-0.05, 0) is 131 Å². The van der Waals surface area contributed by atoms with Crippen molar-refractivity contribution in [2.24, 2.45) is 0 Å². The average molecular weight is 892 g/mol. The first-order chi connectivity index (χ1) is 34.5. The molecule has 11 aromatic carbocycles. The number of benzene rings is 11. The van der Waals surface area contributed by atoms with E-state index in [0.717, 1.165) is 61.3 Å². The summed E-state index contributed by atoms with van der Waals surface area (Å²) in [4.78, 5) is 2.51. The van der Waals surface area contributed by atoms with Crippen molar-refractivity contribution in [1.82, 2.24) is 0 Å². The fourth-order valence-electron chi connectivity index (χ4n) is 13.1. The lowest BCUT2D eigenvalue weighted by molar-refractivity contribution is 0.660. The van der Waals surface area contributed by atoms with Crippen LogP contribution in [-0.2, 0) is 10.8 Å². The number of hydrogen-bond acceptors (Lipinski definition) is 2. The zero-order chi connectivity index (χ0) is 46.3. The molecule has 12 aromatic rings. The van der Waals surface area contributed by atoms with Crippen molar-refractivity contribution in [3.8, 4) is 55.6 Å². The number of para-hydroxylation sites is 1. The predicted octanol–water partition coefficient (Wildman–Crippen LogP) is 18.2. The highest BCUT2D eigenvalue weighted by Gasteiger charge is 2.51. The third kappa shape index (κ3) is 5.17. The van der Waals surface area contributed by atoms with Crippen LogP contribution >= 0.6 is 0 Å². The lowest BCUT2D eigenvalue weighted by atomic mass is 9.70. The Morgan fingerprint density at radius 3 is 1.61 bits per heavy atom. The van der Waals surface area contributed by atoms with Gasteiger partial charge in [-0.2, -0.15) is 0 Å². The Bertz CT molecular complexity index is 4110. The summed E-state index contributed by atoms with van der Waals surface area (Å²) >= 11 is 0. The van der Waals surface area contributed by atoms with Crippen LogP contribution in [0, 0.1) is 0 Å². The average Bonchev–Trinajstić information content (AvgIpc) is 4.10. The van der Waals surface area contributed by atoms with Gasteiger partial charge in [-0.1, -0.05) is 208 Å². The van der Waals surface area contributed by atoms with Gasteiger partial charge in [0.2, 0.25) is 0 Å². The van der Waals surface area contributed by atoms with Gasteiger partial charge in [0.25, 0.3) is 0 Å². The third-order valence-electron chi connectivity index (χ3n) is 16.1. The van der Waals surface area contributed by atoms with E-state index < -0.39 is 5.41 Å². The second kappa shape index (κ2) is 14.4. The molecule has 0 N–H and O–H groups in total. The van der Waals surface area contributed by atoms with Crippen molar-refractivity contribution in [2.75, 3.05) is 4.90 Å². The van der Waals surface area contributed by atoms with Crippen molar-refractivity contribution >= 4 is 49.8 Å². The normalized spacial score (nSPS) is 14.1. The number of hydrogen-bond donors (Lipinski definition) is 0. The maximum atomic E-state index is 7.30. The molecule has 1 aromatic heterocycles. The summed E-state index contributed by atoms with van der Waals surface area (Å²) in [6.45, 7) is 4.72. The van der Waals surface area contributed by atoms with Crippen molar-refractivity contribution in [3.63, 3.8) is 0 Å². The van der Waals surface area contributed by atoms with Crippen LogP contribution in [0.25, 0.3) is 88.3 Å². The molecule has 3 aliphatic rings. The van der Waals surface area contributed by atoms with Gasteiger partial charge >= 0.3 is 0 Å². The summed E-state index contributed by atoms with van der Waals surface area (Å²) in [5.41, 5.74) is 24.7. The Labute approximate surface area is 407 Å². The van der Waals surface area contributed by atoms with Crippen LogP contribution in [0.4, 0.5) is 17.1 Å². The second-order valence-corrected chi connectivity index (χ2v) is 19.9. The van der Waals surface area contributed by atoms with Gasteiger partial charge in [0, 0.05) is 27.6 Å². The molecule has 1 spiro atoms. The number of rotatable bonds is 5. The molecule has 0 bridgehead atoms. The van der Waals surface area contributed by atoms with E-state index in [1.165, 1.54) is 77.5 Å². The molecule has 2 nitrogen and oxygen atoms in total. The topological polar surface area (TPSA) is 16.4 Å². The summed E-state index contributed by atoms with van der Waals surface area (Å²) < 4.78 is 7.30. The van der Waals surface area contributed by atoms with Crippen LogP contribution in [0.3, 0.4) is 0 Å². The van der Waals surface area contributed by atoms with E-state index in [0.29, 0.717) is 0 Å². The van der Waals surface area contributed by atoms with Crippen LogP contribution in [-0.4, -0.2) is 0 Å². The Balaban J connectivity index is 1.02. The van der Waals surface area contributed by atoms with Gasteiger partial charge < -0.3 is 9.32 Å². The Morgan fingerprint density at radius 2 is 0.900 bits per heavy atom. The third-order valence-corrected chi connectivity index (χ3v) is 16.1. The molecule has 0 amide bonds. The fourth-order valence-corrected chi connectivity index (χ4v) is 13.1. The van der Waals surface area contributed by atoms with Crippen LogP contribution in [0.2, 0.25) is 0 Å². The van der Waals surface area contributed by atoms with E-state index in [9.17, 15) is 0 Å². The summed E-state index contributed by atoms with van der Waals surface area (Å²) in [7, 11) is 0. The Morgan fingerprint density at radius 1 is 0.357 bits per heavy atom. The molecular weight excluding hydrogens is 847 g/mol. The van der Waals surface area contributed by atoms with Crippen LogP contribution in [0.5, 0.6) is 0 Å². The number of nitrogens with zero attached hydrogens (tertiary/aromatic N) is 1. The van der Waals surface area contributed by atoms with Gasteiger partial charge in [-0.15, -0.1) is 0 Å². The Hall–Kier alpha value is -8.72.